The molecule has 1 heterocycles. The van der Waals surface area contributed by atoms with Crippen LogP contribution in [0, 0.1) is 5.82 Å². The number of nitrogens with one attached hydrogen (secondary N) is 1. The number of halogens is 2. The molecule has 168 valence electrons. The molecule has 0 aliphatic carbocycles. The first-order chi connectivity index (χ1) is 15.4. The van der Waals surface area contributed by atoms with Gasteiger partial charge in [-0.1, -0.05) is 56.0 Å². The van der Waals surface area contributed by atoms with E-state index in [-0.39, 0.29) is 22.0 Å². The third-order valence-electron chi connectivity index (χ3n) is 4.82. The van der Waals surface area contributed by atoms with Crippen molar-refractivity contribution in [3.63, 3.8) is 0 Å². The van der Waals surface area contributed by atoms with E-state index in [1.54, 1.807) is 24.3 Å². The number of nitrogens with zero attached hydrogens (tertiary/aromatic N) is 2. The van der Waals surface area contributed by atoms with Gasteiger partial charge in [-0.15, -0.1) is 0 Å². The molecule has 3 aromatic rings. The molecule has 1 amide bonds. The lowest BCUT2D eigenvalue weighted by Crippen LogP contribution is -2.28. The number of aromatic nitrogens is 2. The van der Waals surface area contributed by atoms with E-state index in [0.29, 0.717) is 17.3 Å². The van der Waals surface area contributed by atoms with Crippen molar-refractivity contribution in [1.82, 2.24) is 9.78 Å². The Morgan fingerprint density at radius 1 is 1.12 bits per heavy atom. The molecular formula is C23H23ClFN3O4. The summed E-state index contributed by atoms with van der Waals surface area (Å²) in [6, 6.07) is 10.3. The van der Waals surface area contributed by atoms with Gasteiger partial charge in [0.25, 0.3) is 11.5 Å². The summed E-state index contributed by atoms with van der Waals surface area (Å²) in [4.78, 5) is 37.6. The van der Waals surface area contributed by atoms with E-state index in [1.165, 1.54) is 16.8 Å². The quantitative estimate of drug-likeness (QED) is 0.374. The zero-order chi connectivity index (χ0) is 23.1. The lowest BCUT2D eigenvalue weighted by molar-refractivity contribution is -0.119. The van der Waals surface area contributed by atoms with Gasteiger partial charge in [0.05, 0.1) is 11.1 Å². The van der Waals surface area contributed by atoms with Crippen molar-refractivity contribution >= 4 is 39.9 Å². The molecule has 0 spiro atoms. The number of ether oxygens (including phenoxy) is 1. The molecule has 0 saturated heterocycles. The van der Waals surface area contributed by atoms with Crippen LogP contribution < -0.4 is 10.9 Å². The van der Waals surface area contributed by atoms with Crippen molar-refractivity contribution in [2.24, 2.45) is 0 Å². The van der Waals surface area contributed by atoms with Crippen molar-refractivity contribution in [2.45, 2.75) is 39.2 Å². The molecule has 0 aliphatic heterocycles. The first-order valence-corrected chi connectivity index (χ1v) is 10.7. The van der Waals surface area contributed by atoms with E-state index in [0.717, 1.165) is 31.7 Å². The van der Waals surface area contributed by atoms with Crippen molar-refractivity contribution in [3.05, 3.63) is 69.4 Å². The smallest absolute Gasteiger partial charge is 0.359 e. The van der Waals surface area contributed by atoms with Gasteiger partial charge in [0.1, 0.15) is 5.82 Å². The zero-order valence-corrected chi connectivity index (χ0v) is 18.3. The van der Waals surface area contributed by atoms with E-state index in [9.17, 15) is 18.8 Å². The highest BCUT2D eigenvalue weighted by Gasteiger charge is 2.19. The second-order valence-electron chi connectivity index (χ2n) is 7.23. The van der Waals surface area contributed by atoms with E-state index in [1.807, 2.05) is 0 Å². The van der Waals surface area contributed by atoms with Gasteiger partial charge in [-0.25, -0.2) is 13.9 Å². The highest BCUT2D eigenvalue weighted by atomic mass is 35.5. The highest BCUT2D eigenvalue weighted by Crippen LogP contribution is 2.19. The maximum atomic E-state index is 13.8. The number of carbonyl (C=O) groups excluding carboxylic acids is 2. The number of carbonyl (C=O) groups is 2. The summed E-state index contributed by atoms with van der Waals surface area (Å²) in [6.07, 6.45) is 3.79. The lowest BCUT2D eigenvalue weighted by Gasteiger charge is -2.11. The Bertz CT molecular complexity index is 1200. The summed E-state index contributed by atoms with van der Waals surface area (Å²) in [5.74, 6) is -2.26. The largest absolute Gasteiger partial charge is 0.451 e. The topological polar surface area (TPSA) is 90.3 Å². The third-order valence-corrected chi connectivity index (χ3v) is 5.06. The van der Waals surface area contributed by atoms with Gasteiger partial charge in [-0.3, -0.25) is 9.59 Å². The number of esters is 1. The molecule has 9 heteroatoms. The molecule has 0 radical (unpaired) electrons. The second-order valence-corrected chi connectivity index (χ2v) is 7.67. The number of hydrogen-bond acceptors (Lipinski definition) is 5. The first-order valence-electron chi connectivity index (χ1n) is 10.3. The summed E-state index contributed by atoms with van der Waals surface area (Å²) in [5.41, 5.74) is -0.469. The van der Waals surface area contributed by atoms with Gasteiger partial charge >= 0.3 is 5.97 Å². The summed E-state index contributed by atoms with van der Waals surface area (Å²) < 4.78 is 20.1. The normalized spacial score (nSPS) is 10.8. The molecule has 0 bridgehead atoms. The molecule has 1 aromatic heterocycles. The van der Waals surface area contributed by atoms with Gasteiger partial charge in [0.15, 0.2) is 12.3 Å². The molecule has 0 fully saturated rings. The van der Waals surface area contributed by atoms with E-state index in [2.05, 4.69) is 17.3 Å². The van der Waals surface area contributed by atoms with Crippen molar-refractivity contribution in [3.8, 4) is 0 Å². The van der Waals surface area contributed by atoms with Crippen LogP contribution in [0.15, 0.2) is 47.3 Å². The van der Waals surface area contributed by atoms with Crippen LogP contribution in [-0.4, -0.2) is 28.3 Å². The predicted octanol–water partition coefficient (Wildman–Crippen LogP) is 4.56. The fourth-order valence-electron chi connectivity index (χ4n) is 3.20. The van der Waals surface area contributed by atoms with E-state index >= 15 is 0 Å². The molecule has 0 aliphatic rings. The summed E-state index contributed by atoms with van der Waals surface area (Å²) >= 11 is 5.81. The SMILES string of the molecule is CCCCCCn1nc(C(=O)OCC(=O)Nc2cc(Cl)ccc2F)c2ccccc2c1=O. The maximum absolute atomic E-state index is 13.8. The van der Waals surface area contributed by atoms with Gasteiger partial charge in [-0.05, 0) is 30.7 Å². The number of hydrogen-bond donors (Lipinski definition) is 1. The Balaban J connectivity index is 1.76. The molecular weight excluding hydrogens is 437 g/mol. The Labute approximate surface area is 189 Å². The van der Waals surface area contributed by atoms with Crippen molar-refractivity contribution in [1.29, 1.82) is 0 Å². The Morgan fingerprint density at radius 2 is 1.88 bits per heavy atom. The minimum atomic E-state index is -0.856. The van der Waals surface area contributed by atoms with Crippen LogP contribution in [0.25, 0.3) is 10.8 Å². The Hall–Kier alpha value is -3.26. The van der Waals surface area contributed by atoms with Crippen LogP contribution in [0.5, 0.6) is 0 Å². The summed E-state index contributed by atoms with van der Waals surface area (Å²) in [6.45, 7) is 1.81. The van der Waals surface area contributed by atoms with E-state index < -0.39 is 24.3 Å². The maximum Gasteiger partial charge on any atom is 0.359 e. The fraction of sp³-hybridized carbons (Fsp3) is 0.304. The Kier molecular flexibility index (Phi) is 7.94. The number of aryl methyl sites for hydroxylation is 1. The van der Waals surface area contributed by atoms with Crippen LogP contribution >= 0.6 is 11.6 Å². The molecule has 3 rings (SSSR count). The van der Waals surface area contributed by atoms with Gasteiger partial charge in [-0.2, -0.15) is 5.10 Å². The summed E-state index contributed by atoms with van der Waals surface area (Å²) in [7, 11) is 0. The molecule has 0 atom stereocenters. The Morgan fingerprint density at radius 3 is 2.62 bits per heavy atom. The zero-order valence-electron chi connectivity index (χ0n) is 17.6. The molecule has 2 aromatic carbocycles. The third kappa shape index (κ3) is 5.70. The molecule has 1 N–H and O–H groups in total. The highest BCUT2D eigenvalue weighted by molar-refractivity contribution is 6.30. The van der Waals surface area contributed by atoms with Crippen molar-refractivity contribution in [2.75, 3.05) is 11.9 Å². The van der Waals surface area contributed by atoms with Crippen LogP contribution in [0.1, 0.15) is 43.1 Å². The van der Waals surface area contributed by atoms with E-state index in [4.69, 9.17) is 16.3 Å². The van der Waals surface area contributed by atoms with Crippen LogP contribution in [0.3, 0.4) is 0 Å². The number of fused-ring (bicyclic) bond motifs is 1. The van der Waals surface area contributed by atoms with Gasteiger partial charge in [0, 0.05) is 17.0 Å². The van der Waals surface area contributed by atoms with Gasteiger partial charge in [0.2, 0.25) is 0 Å². The molecule has 0 saturated carbocycles. The standard InChI is InChI=1S/C23H23ClFN3O4/c1-2-3-4-7-12-28-22(30)17-9-6-5-8-16(17)21(27-28)23(31)32-14-20(29)26-19-13-15(24)10-11-18(19)25/h5-6,8-11,13H,2-4,7,12,14H2,1H3,(H,26,29). The number of benzene rings is 2. The number of unbranched alkanes of at least 4 members (excludes halogenated alkanes) is 3. The second kappa shape index (κ2) is 10.9. The number of amides is 1. The minimum absolute atomic E-state index is 0.0579. The summed E-state index contributed by atoms with van der Waals surface area (Å²) in [5, 5.41) is 7.44. The predicted molar refractivity (Wildman–Crippen MR) is 120 cm³/mol. The average molecular weight is 460 g/mol. The molecule has 32 heavy (non-hydrogen) atoms. The molecule has 7 nitrogen and oxygen atoms in total. The first kappa shape index (κ1) is 23.4. The number of anilines is 1. The van der Waals surface area contributed by atoms with Crippen LogP contribution in [0.4, 0.5) is 10.1 Å². The fourth-order valence-corrected chi connectivity index (χ4v) is 3.38. The molecule has 0 unspecified atom stereocenters. The van der Waals surface area contributed by atoms with Crippen LogP contribution in [0.2, 0.25) is 5.02 Å². The monoisotopic (exact) mass is 459 g/mol. The van der Waals surface area contributed by atoms with Crippen molar-refractivity contribution < 1.29 is 18.7 Å². The van der Waals surface area contributed by atoms with Crippen LogP contribution in [-0.2, 0) is 16.1 Å². The minimum Gasteiger partial charge on any atom is -0.451 e. The lowest BCUT2D eigenvalue weighted by atomic mass is 10.1. The van der Waals surface area contributed by atoms with Gasteiger partial charge < -0.3 is 10.1 Å². The number of rotatable bonds is 9. The average Bonchev–Trinajstić information content (AvgIpc) is 2.79.